The zero-order chi connectivity index (χ0) is 17.5. The molecule has 3 rings (SSSR count). The third-order valence-electron chi connectivity index (χ3n) is 3.79. The second-order valence-corrected chi connectivity index (χ2v) is 6.82. The largest absolute Gasteiger partial charge is 0.480 e. The Morgan fingerprint density at radius 2 is 2.12 bits per heavy atom. The molecule has 5 nitrogen and oxygen atoms in total. The SMILES string of the molecule is Cc1ccc(-c2cc(C(F)(F)F)nc(N3CCC[C@H]3C(=O)O)n2)s1. The van der Waals surface area contributed by atoms with E-state index in [1.54, 1.807) is 12.1 Å². The average molecular weight is 357 g/mol. The van der Waals surface area contributed by atoms with E-state index in [4.69, 9.17) is 0 Å². The number of halogens is 3. The topological polar surface area (TPSA) is 66.3 Å². The molecular weight excluding hydrogens is 343 g/mol. The van der Waals surface area contributed by atoms with E-state index in [2.05, 4.69) is 9.97 Å². The van der Waals surface area contributed by atoms with Crippen LogP contribution < -0.4 is 4.90 Å². The number of hydrogen-bond donors (Lipinski definition) is 1. The van der Waals surface area contributed by atoms with Gasteiger partial charge in [-0.2, -0.15) is 13.2 Å². The second kappa shape index (κ2) is 6.04. The highest BCUT2D eigenvalue weighted by molar-refractivity contribution is 7.15. The number of aromatic nitrogens is 2. The van der Waals surface area contributed by atoms with Crippen LogP contribution in [0, 0.1) is 6.92 Å². The maximum Gasteiger partial charge on any atom is 0.433 e. The lowest BCUT2D eigenvalue weighted by Gasteiger charge is -2.22. The van der Waals surface area contributed by atoms with E-state index in [0.29, 0.717) is 24.3 Å². The summed E-state index contributed by atoms with van der Waals surface area (Å²) in [6, 6.07) is 3.50. The molecule has 1 aliphatic heterocycles. The summed E-state index contributed by atoms with van der Waals surface area (Å²) in [5, 5.41) is 9.25. The molecule has 1 saturated heterocycles. The highest BCUT2D eigenvalue weighted by atomic mass is 32.1. The summed E-state index contributed by atoms with van der Waals surface area (Å²) >= 11 is 1.33. The monoisotopic (exact) mass is 357 g/mol. The number of carboxylic acids is 1. The second-order valence-electron chi connectivity index (χ2n) is 5.54. The molecule has 3 heterocycles. The third kappa shape index (κ3) is 3.21. The number of alkyl halides is 3. The number of thiophene rings is 1. The molecule has 0 bridgehead atoms. The molecule has 0 unspecified atom stereocenters. The summed E-state index contributed by atoms with van der Waals surface area (Å²) in [5.41, 5.74) is -0.911. The van der Waals surface area contributed by atoms with E-state index in [9.17, 15) is 23.1 Å². The predicted octanol–water partition coefficient (Wildman–Crippen LogP) is 3.59. The minimum Gasteiger partial charge on any atom is -0.480 e. The highest BCUT2D eigenvalue weighted by Gasteiger charge is 2.37. The number of carboxylic acid groups (broad SMARTS) is 1. The third-order valence-corrected chi connectivity index (χ3v) is 4.82. The fourth-order valence-electron chi connectivity index (χ4n) is 2.67. The Kier molecular flexibility index (Phi) is 4.20. The Morgan fingerprint density at radius 3 is 2.71 bits per heavy atom. The van der Waals surface area contributed by atoms with Crippen molar-refractivity contribution in [2.45, 2.75) is 32.0 Å². The summed E-state index contributed by atoms with van der Waals surface area (Å²) in [6.45, 7) is 2.17. The number of anilines is 1. The molecule has 0 aromatic carbocycles. The van der Waals surface area contributed by atoms with E-state index < -0.39 is 23.9 Å². The molecule has 0 spiro atoms. The Balaban J connectivity index is 2.10. The first-order valence-corrected chi connectivity index (χ1v) is 8.10. The van der Waals surface area contributed by atoms with Crippen LogP contribution >= 0.6 is 11.3 Å². The van der Waals surface area contributed by atoms with E-state index in [1.807, 2.05) is 6.92 Å². The van der Waals surface area contributed by atoms with Crippen molar-refractivity contribution in [3.8, 4) is 10.6 Å². The van der Waals surface area contributed by atoms with Gasteiger partial charge in [0.05, 0.1) is 10.6 Å². The van der Waals surface area contributed by atoms with Gasteiger partial charge in [0, 0.05) is 11.4 Å². The molecule has 1 atom stereocenters. The maximum atomic E-state index is 13.2. The van der Waals surface area contributed by atoms with E-state index >= 15 is 0 Å². The van der Waals surface area contributed by atoms with Gasteiger partial charge in [-0.1, -0.05) is 0 Å². The average Bonchev–Trinajstić information content (AvgIpc) is 3.14. The lowest BCUT2D eigenvalue weighted by atomic mass is 10.2. The summed E-state index contributed by atoms with van der Waals surface area (Å²) in [7, 11) is 0. The number of nitrogens with zero attached hydrogens (tertiary/aromatic N) is 3. The number of aryl methyl sites for hydroxylation is 1. The van der Waals surface area contributed by atoms with Crippen LogP contribution in [0.2, 0.25) is 0 Å². The summed E-state index contributed by atoms with van der Waals surface area (Å²) < 4.78 is 39.6. The molecule has 9 heteroatoms. The van der Waals surface area contributed by atoms with Crippen LogP contribution in [0.15, 0.2) is 18.2 Å². The van der Waals surface area contributed by atoms with Crippen molar-refractivity contribution < 1.29 is 23.1 Å². The highest BCUT2D eigenvalue weighted by Crippen LogP contribution is 2.35. The van der Waals surface area contributed by atoms with Gasteiger partial charge in [-0.15, -0.1) is 11.3 Å². The van der Waals surface area contributed by atoms with Crippen molar-refractivity contribution in [3.05, 3.63) is 28.8 Å². The maximum absolute atomic E-state index is 13.2. The van der Waals surface area contributed by atoms with Gasteiger partial charge < -0.3 is 10.0 Å². The number of carbonyl (C=O) groups is 1. The minimum atomic E-state index is -4.63. The number of aliphatic carboxylic acids is 1. The fraction of sp³-hybridized carbons (Fsp3) is 0.400. The van der Waals surface area contributed by atoms with Crippen LogP contribution in [0.25, 0.3) is 10.6 Å². The standard InChI is InChI=1S/C15H14F3N3O2S/c1-8-4-5-11(24-8)9-7-12(15(16,17)18)20-14(19-9)21-6-2-3-10(21)13(22)23/h4-5,7,10H,2-3,6H2,1H3,(H,22,23)/t10-/m0/s1. The van der Waals surface area contributed by atoms with Crippen LogP contribution in [0.1, 0.15) is 23.4 Å². The lowest BCUT2D eigenvalue weighted by Crippen LogP contribution is -2.37. The van der Waals surface area contributed by atoms with Gasteiger partial charge in [0.2, 0.25) is 5.95 Å². The molecule has 2 aromatic heterocycles. The molecule has 1 aliphatic rings. The van der Waals surface area contributed by atoms with Gasteiger partial charge >= 0.3 is 12.1 Å². The first-order valence-electron chi connectivity index (χ1n) is 7.28. The van der Waals surface area contributed by atoms with E-state index in [1.165, 1.54) is 16.2 Å². The van der Waals surface area contributed by atoms with Crippen molar-refractivity contribution in [1.82, 2.24) is 9.97 Å². The van der Waals surface area contributed by atoms with Gasteiger partial charge in [-0.05, 0) is 38.0 Å². The summed E-state index contributed by atoms with van der Waals surface area (Å²) in [6.07, 6.45) is -3.69. The predicted molar refractivity (Wildman–Crippen MR) is 83.1 cm³/mol. The Morgan fingerprint density at radius 1 is 1.38 bits per heavy atom. The number of rotatable bonds is 3. The molecule has 0 radical (unpaired) electrons. The molecular formula is C15H14F3N3O2S. The van der Waals surface area contributed by atoms with Gasteiger partial charge in [0.15, 0.2) is 5.69 Å². The zero-order valence-electron chi connectivity index (χ0n) is 12.7. The van der Waals surface area contributed by atoms with Gasteiger partial charge in [0.1, 0.15) is 6.04 Å². The molecule has 128 valence electrons. The van der Waals surface area contributed by atoms with Gasteiger partial charge in [-0.3, -0.25) is 0 Å². The molecule has 24 heavy (non-hydrogen) atoms. The first-order chi connectivity index (χ1) is 11.3. The minimum absolute atomic E-state index is 0.154. The van der Waals surface area contributed by atoms with Crippen LogP contribution in [0.3, 0.4) is 0 Å². The van der Waals surface area contributed by atoms with Gasteiger partial charge in [-0.25, -0.2) is 14.8 Å². The van der Waals surface area contributed by atoms with Crippen LogP contribution in [0.5, 0.6) is 0 Å². The lowest BCUT2D eigenvalue weighted by molar-refractivity contribution is -0.141. The smallest absolute Gasteiger partial charge is 0.433 e. The zero-order valence-corrected chi connectivity index (χ0v) is 13.5. The fourth-order valence-corrected chi connectivity index (χ4v) is 3.50. The van der Waals surface area contributed by atoms with Crippen molar-refractivity contribution >= 4 is 23.3 Å². The van der Waals surface area contributed by atoms with Crippen LogP contribution in [-0.2, 0) is 11.0 Å². The van der Waals surface area contributed by atoms with Crippen molar-refractivity contribution in [2.24, 2.45) is 0 Å². The van der Waals surface area contributed by atoms with E-state index in [-0.39, 0.29) is 11.6 Å². The quantitative estimate of drug-likeness (QED) is 0.909. The summed E-state index contributed by atoms with van der Waals surface area (Å²) in [4.78, 5) is 22.0. The molecule has 0 aliphatic carbocycles. The number of hydrogen-bond acceptors (Lipinski definition) is 5. The molecule has 0 saturated carbocycles. The molecule has 1 fully saturated rings. The Labute approximate surface area is 139 Å². The van der Waals surface area contributed by atoms with E-state index in [0.717, 1.165) is 10.9 Å². The first kappa shape index (κ1) is 16.7. The van der Waals surface area contributed by atoms with Crippen molar-refractivity contribution in [2.75, 3.05) is 11.4 Å². The van der Waals surface area contributed by atoms with Crippen molar-refractivity contribution in [3.63, 3.8) is 0 Å². The van der Waals surface area contributed by atoms with Crippen LogP contribution in [0.4, 0.5) is 19.1 Å². The molecule has 2 aromatic rings. The molecule has 1 N–H and O–H groups in total. The molecule has 0 amide bonds. The normalized spacial score (nSPS) is 18.2. The summed E-state index contributed by atoms with van der Waals surface area (Å²) in [5.74, 6) is -1.27. The van der Waals surface area contributed by atoms with Crippen molar-refractivity contribution in [1.29, 1.82) is 0 Å². The van der Waals surface area contributed by atoms with Crippen LogP contribution in [-0.4, -0.2) is 33.6 Å². The van der Waals surface area contributed by atoms with Gasteiger partial charge in [0.25, 0.3) is 0 Å². The Bertz CT molecular complexity index is 776. The Hall–Kier alpha value is -2.16.